The Bertz CT molecular complexity index is 323. The molecule has 0 N–H and O–H groups in total. The van der Waals surface area contributed by atoms with E-state index in [1.807, 2.05) is 0 Å². The summed E-state index contributed by atoms with van der Waals surface area (Å²) >= 11 is 0. The van der Waals surface area contributed by atoms with Gasteiger partial charge in [0.15, 0.2) is 0 Å². The maximum absolute atomic E-state index is 12.4. The van der Waals surface area contributed by atoms with Crippen LogP contribution in [0.1, 0.15) is 34.1 Å². The molecule has 1 saturated heterocycles. The number of esters is 1. The molecule has 1 rings (SSSR count). The first-order valence-corrected chi connectivity index (χ1v) is 8.26. The average Bonchev–Trinajstić information content (AvgIpc) is 3.05. The van der Waals surface area contributed by atoms with E-state index in [1.165, 1.54) is 0 Å². The van der Waals surface area contributed by atoms with Gasteiger partial charge in [-0.3, -0.25) is 9.36 Å². The van der Waals surface area contributed by atoms with Crippen molar-refractivity contribution in [3.05, 3.63) is 0 Å². The SMILES string of the molecule is CC(C)OP(=O)(CCC(=O)OCC1CO1)OC(C)C. The molecule has 0 radical (unpaired) electrons. The molecule has 6 nitrogen and oxygen atoms in total. The lowest BCUT2D eigenvalue weighted by molar-refractivity contribution is -0.143. The topological polar surface area (TPSA) is 74.4 Å². The summed E-state index contributed by atoms with van der Waals surface area (Å²) in [4.78, 5) is 11.5. The van der Waals surface area contributed by atoms with E-state index in [-0.39, 0.29) is 37.5 Å². The summed E-state index contributed by atoms with van der Waals surface area (Å²) in [6.45, 7) is 8.01. The zero-order valence-electron chi connectivity index (χ0n) is 12.0. The van der Waals surface area contributed by atoms with Crippen molar-refractivity contribution >= 4 is 13.6 Å². The Morgan fingerprint density at radius 3 is 2.21 bits per heavy atom. The summed E-state index contributed by atoms with van der Waals surface area (Å²) in [5, 5.41) is 0. The second kappa shape index (κ2) is 7.39. The molecule has 1 fully saturated rings. The minimum Gasteiger partial charge on any atom is -0.463 e. The fraction of sp³-hybridized carbons (Fsp3) is 0.917. The molecule has 7 heteroatoms. The van der Waals surface area contributed by atoms with Gasteiger partial charge in [0.1, 0.15) is 12.7 Å². The van der Waals surface area contributed by atoms with Gasteiger partial charge in [-0.2, -0.15) is 0 Å². The van der Waals surface area contributed by atoms with Crippen LogP contribution >= 0.6 is 7.60 Å². The molecule has 112 valence electrons. The maximum atomic E-state index is 12.4. The number of ether oxygens (including phenoxy) is 2. The summed E-state index contributed by atoms with van der Waals surface area (Å²) in [7, 11) is -3.25. The molecule has 0 amide bonds. The standard InChI is InChI=1S/C12H23O6P/c1-9(2)17-19(14,18-10(3)4)6-5-12(13)16-8-11-7-15-11/h9-11H,5-8H2,1-4H3. The Kier molecular flexibility index (Phi) is 6.47. The van der Waals surface area contributed by atoms with Crippen molar-refractivity contribution in [3.8, 4) is 0 Å². The number of carbonyl (C=O) groups is 1. The van der Waals surface area contributed by atoms with E-state index in [2.05, 4.69) is 0 Å². The molecular formula is C12H23O6P. The summed E-state index contributed by atoms with van der Waals surface area (Å²) in [5.74, 6) is -0.407. The summed E-state index contributed by atoms with van der Waals surface area (Å²) in [6, 6.07) is 0. The van der Waals surface area contributed by atoms with Crippen LogP contribution in [0, 0.1) is 0 Å². The van der Waals surface area contributed by atoms with E-state index in [0.717, 1.165) is 0 Å². The lowest BCUT2D eigenvalue weighted by Crippen LogP contribution is -2.15. The van der Waals surface area contributed by atoms with E-state index in [9.17, 15) is 9.36 Å². The Morgan fingerprint density at radius 1 is 1.26 bits per heavy atom. The molecule has 0 saturated carbocycles. The van der Waals surface area contributed by atoms with Gasteiger partial charge in [-0.1, -0.05) is 0 Å². The minimum absolute atomic E-state index is 0.0173. The Balaban J connectivity index is 2.37. The second-order valence-electron chi connectivity index (χ2n) is 5.03. The van der Waals surface area contributed by atoms with Crippen molar-refractivity contribution in [2.75, 3.05) is 19.4 Å². The highest BCUT2D eigenvalue weighted by molar-refractivity contribution is 7.53. The monoisotopic (exact) mass is 294 g/mol. The van der Waals surface area contributed by atoms with Crippen LogP contribution in [0.2, 0.25) is 0 Å². The zero-order valence-corrected chi connectivity index (χ0v) is 12.9. The first-order chi connectivity index (χ1) is 8.81. The number of epoxide rings is 1. The predicted molar refractivity (Wildman–Crippen MR) is 70.2 cm³/mol. The molecule has 1 atom stereocenters. The third-order valence-electron chi connectivity index (χ3n) is 2.17. The molecular weight excluding hydrogens is 271 g/mol. The highest BCUT2D eigenvalue weighted by Gasteiger charge is 2.29. The lowest BCUT2D eigenvalue weighted by atomic mass is 10.5. The Hall–Kier alpha value is -0.420. The minimum atomic E-state index is -3.25. The summed E-state index contributed by atoms with van der Waals surface area (Å²) < 4.78 is 33.0. The average molecular weight is 294 g/mol. The van der Waals surface area contributed by atoms with Crippen LogP contribution in [-0.4, -0.2) is 43.7 Å². The third-order valence-corrected chi connectivity index (χ3v) is 4.42. The van der Waals surface area contributed by atoms with Crippen LogP contribution in [0.5, 0.6) is 0 Å². The fourth-order valence-electron chi connectivity index (χ4n) is 1.42. The molecule has 0 aliphatic carbocycles. The first kappa shape index (κ1) is 16.6. The lowest BCUT2D eigenvalue weighted by Gasteiger charge is -2.22. The highest BCUT2D eigenvalue weighted by Crippen LogP contribution is 2.50. The number of hydrogen-bond acceptors (Lipinski definition) is 6. The second-order valence-corrected chi connectivity index (χ2v) is 7.12. The molecule has 1 heterocycles. The van der Waals surface area contributed by atoms with Gasteiger partial charge in [0, 0.05) is 0 Å². The normalized spacial score (nSPS) is 18.9. The number of carbonyl (C=O) groups excluding carboxylic acids is 1. The van der Waals surface area contributed by atoms with Crippen LogP contribution in [0.15, 0.2) is 0 Å². The van der Waals surface area contributed by atoms with E-state index in [0.29, 0.717) is 6.61 Å². The smallest absolute Gasteiger partial charge is 0.331 e. The van der Waals surface area contributed by atoms with Gasteiger partial charge in [-0.05, 0) is 27.7 Å². The Morgan fingerprint density at radius 2 is 1.79 bits per heavy atom. The first-order valence-electron chi connectivity index (χ1n) is 6.54. The van der Waals surface area contributed by atoms with Gasteiger partial charge < -0.3 is 18.5 Å². The fourth-order valence-corrected chi connectivity index (χ4v) is 3.42. The van der Waals surface area contributed by atoms with E-state index >= 15 is 0 Å². The largest absolute Gasteiger partial charge is 0.463 e. The molecule has 0 aromatic rings. The van der Waals surface area contributed by atoms with Gasteiger partial charge in [0.2, 0.25) is 0 Å². The summed E-state index contributed by atoms with van der Waals surface area (Å²) in [5.41, 5.74) is 0. The molecule has 1 unspecified atom stereocenters. The third kappa shape index (κ3) is 7.67. The van der Waals surface area contributed by atoms with Crippen molar-refractivity contribution < 1.29 is 27.9 Å². The van der Waals surface area contributed by atoms with Gasteiger partial charge >= 0.3 is 13.6 Å². The molecule has 19 heavy (non-hydrogen) atoms. The Labute approximate surface area is 114 Å². The van der Waals surface area contributed by atoms with Crippen molar-refractivity contribution in [2.45, 2.75) is 52.4 Å². The van der Waals surface area contributed by atoms with E-state index in [1.54, 1.807) is 27.7 Å². The van der Waals surface area contributed by atoms with Crippen LogP contribution in [0.3, 0.4) is 0 Å². The number of hydrogen-bond donors (Lipinski definition) is 0. The highest BCUT2D eigenvalue weighted by atomic mass is 31.2. The van der Waals surface area contributed by atoms with Crippen LogP contribution in [-0.2, 0) is 27.9 Å². The van der Waals surface area contributed by atoms with Crippen molar-refractivity contribution in [3.63, 3.8) is 0 Å². The predicted octanol–water partition coefficient (Wildman–Crippen LogP) is 2.36. The number of rotatable bonds is 9. The van der Waals surface area contributed by atoms with Crippen LogP contribution in [0.4, 0.5) is 0 Å². The zero-order chi connectivity index (χ0) is 14.5. The van der Waals surface area contributed by atoms with Gasteiger partial charge in [0.25, 0.3) is 0 Å². The van der Waals surface area contributed by atoms with Gasteiger partial charge in [-0.25, -0.2) is 0 Å². The molecule has 0 aromatic carbocycles. The van der Waals surface area contributed by atoms with Gasteiger partial charge in [-0.15, -0.1) is 0 Å². The van der Waals surface area contributed by atoms with Crippen molar-refractivity contribution in [1.29, 1.82) is 0 Å². The van der Waals surface area contributed by atoms with Crippen molar-refractivity contribution in [2.24, 2.45) is 0 Å². The molecule has 0 bridgehead atoms. The van der Waals surface area contributed by atoms with E-state index in [4.69, 9.17) is 18.5 Å². The van der Waals surface area contributed by atoms with Gasteiger partial charge in [0.05, 0.1) is 31.4 Å². The quantitative estimate of drug-likeness (QED) is 0.369. The van der Waals surface area contributed by atoms with E-state index < -0.39 is 13.6 Å². The molecule has 1 aliphatic heterocycles. The summed E-state index contributed by atoms with van der Waals surface area (Å²) in [6.07, 6.45) is -0.354. The van der Waals surface area contributed by atoms with Crippen LogP contribution < -0.4 is 0 Å². The molecule has 0 spiro atoms. The molecule has 1 aliphatic rings. The van der Waals surface area contributed by atoms with Crippen LogP contribution in [0.25, 0.3) is 0 Å². The molecule has 0 aromatic heterocycles. The van der Waals surface area contributed by atoms with Crippen molar-refractivity contribution in [1.82, 2.24) is 0 Å². The maximum Gasteiger partial charge on any atom is 0.331 e.